The number of hydrogen-bond donors (Lipinski definition) is 1. The Morgan fingerprint density at radius 2 is 1.97 bits per heavy atom. The molecule has 3 aromatic carbocycles. The molecule has 4 aromatic rings. The van der Waals surface area contributed by atoms with E-state index in [1.165, 1.54) is 23.8 Å². The molecule has 0 saturated carbocycles. The van der Waals surface area contributed by atoms with Crippen molar-refractivity contribution in [1.82, 2.24) is 4.98 Å². The third-order valence-corrected chi connectivity index (χ3v) is 5.16. The van der Waals surface area contributed by atoms with Crippen LogP contribution in [0.3, 0.4) is 0 Å². The number of carbonyl (C=O) groups excluding carboxylic acids is 1. The van der Waals surface area contributed by atoms with Gasteiger partial charge in [-0.05, 0) is 60.9 Å². The summed E-state index contributed by atoms with van der Waals surface area (Å²) in [5.74, 6) is 0.472. The van der Waals surface area contributed by atoms with E-state index in [0.29, 0.717) is 28.6 Å². The average molecular weight is 445 g/mol. The van der Waals surface area contributed by atoms with E-state index in [1.54, 1.807) is 25.1 Å². The van der Waals surface area contributed by atoms with E-state index in [2.05, 4.69) is 24.1 Å². The summed E-state index contributed by atoms with van der Waals surface area (Å²) in [6.45, 7) is 6.26. The Labute approximate surface area is 190 Å². The highest BCUT2D eigenvalue weighted by molar-refractivity contribution is 6.05. The fraction of sp³-hybridized carbons (Fsp3) is 0.200. The lowest BCUT2D eigenvalue weighted by atomic mass is 10.0. The summed E-state index contributed by atoms with van der Waals surface area (Å²) >= 11 is 0. The van der Waals surface area contributed by atoms with E-state index < -0.39 is 10.8 Å². The molecule has 1 aromatic heterocycles. The molecule has 0 aliphatic rings. The number of anilines is 1. The first-order valence-corrected chi connectivity index (χ1v) is 10.6. The number of fused-ring (bicyclic) bond motifs is 1. The molecule has 168 valence electrons. The second kappa shape index (κ2) is 9.12. The molecular formula is C25H23N3O5. The Kier molecular flexibility index (Phi) is 6.08. The Hall–Kier alpha value is -4.20. The van der Waals surface area contributed by atoms with Crippen molar-refractivity contribution in [2.75, 3.05) is 11.9 Å². The number of nitro benzene ring substituents is 1. The standard InChI is InChI=1S/C25H23N3O5/c1-4-32-23-11-9-17(14-21(23)28(30)31)24(29)26-19-7-5-6-18(12-19)25-27-20-13-16(15(2)3)8-10-22(20)33-25/h5-15H,4H2,1-3H3,(H,26,29). The summed E-state index contributed by atoms with van der Waals surface area (Å²) in [7, 11) is 0. The molecule has 8 nitrogen and oxygen atoms in total. The molecule has 8 heteroatoms. The van der Waals surface area contributed by atoms with Gasteiger partial charge in [-0.2, -0.15) is 0 Å². The lowest BCUT2D eigenvalue weighted by molar-refractivity contribution is -0.385. The Bertz CT molecular complexity index is 1340. The van der Waals surface area contributed by atoms with E-state index in [1.807, 2.05) is 24.3 Å². The van der Waals surface area contributed by atoms with E-state index in [0.717, 1.165) is 5.52 Å². The number of amides is 1. The average Bonchev–Trinajstić information content (AvgIpc) is 3.23. The van der Waals surface area contributed by atoms with Gasteiger partial charge in [-0.3, -0.25) is 14.9 Å². The first-order valence-electron chi connectivity index (χ1n) is 10.6. The number of aromatic nitrogens is 1. The molecule has 0 fully saturated rings. The molecule has 0 spiro atoms. The van der Waals surface area contributed by atoms with Gasteiger partial charge in [-0.15, -0.1) is 0 Å². The summed E-state index contributed by atoms with van der Waals surface area (Å²) in [6.07, 6.45) is 0. The van der Waals surface area contributed by atoms with Crippen molar-refractivity contribution >= 4 is 28.4 Å². The van der Waals surface area contributed by atoms with Crippen LogP contribution in [0.25, 0.3) is 22.6 Å². The number of nitrogens with zero attached hydrogens (tertiary/aromatic N) is 2. The lowest BCUT2D eigenvalue weighted by Crippen LogP contribution is -2.12. The summed E-state index contributed by atoms with van der Waals surface area (Å²) in [5.41, 5.74) is 3.74. The normalized spacial score (nSPS) is 11.0. The zero-order chi connectivity index (χ0) is 23.5. The van der Waals surface area contributed by atoms with E-state index in [-0.39, 0.29) is 23.6 Å². The van der Waals surface area contributed by atoms with Crippen molar-refractivity contribution in [3.63, 3.8) is 0 Å². The van der Waals surface area contributed by atoms with Gasteiger partial charge in [0.05, 0.1) is 11.5 Å². The molecule has 0 aliphatic carbocycles. The van der Waals surface area contributed by atoms with Gasteiger partial charge in [-0.25, -0.2) is 4.98 Å². The van der Waals surface area contributed by atoms with Crippen LogP contribution >= 0.6 is 0 Å². The highest BCUT2D eigenvalue weighted by Crippen LogP contribution is 2.30. The maximum atomic E-state index is 12.7. The third-order valence-electron chi connectivity index (χ3n) is 5.16. The van der Waals surface area contributed by atoms with Crippen molar-refractivity contribution in [2.45, 2.75) is 26.7 Å². The van der Waals surface area contributed by atoms with Gasteiger partial charge in [-0.1, -0.05) is 26.0 Å². The molecule has 1 amide bonds. The number of oxazole rings is 1. The maximum Gasteiger partial charge on any atom is 0.311 e. The number of benzene rings is 3. The third kappa shape index (κ3) is 4.69. The van der Waals surface area contributed by atoms with Crippen molar-refractivity contribution in [2.24, 2.45) is 0 Å². The molecule has 1 N–H and O–H groups in total. The molecule has 0 radical (unpaired) electrons. The van der Waals surface area contributed by atoms with E-state index >= 15 is 0 Å². The van der Waals surface area contributed by atoms with Crippen molar-refractivity contribution in [3.05, 3.63) is 81.9 Å². The Balaban J connectivity index is 1.58. The predicted molar refractivity (Wildman–Crippen MR) is 126 cm³/mol. The zero-order valence-electron chi connectivity index (χ0n) is 18.5. The minimum absolute atomic E-state index is 0.123. The second-order valence-corrected chi connectivity index (χ2v) is 7.81. The number of carbonyl (C=O) groups is 1. The van der Waals surface area contributed by atoms with Crippen LogP contribution < -0.4 is 10.1 Å². The quantitative estimate of drug-likeness (QED) is 0.269. The summed E-state index contributed by atoms with van der Waals surface area (Å²) < 4.78 is 11.2. The second-order valence-electron chi connectivity index (χ2n) is 7.81. The molecular weight excluding hydrogens is 422 g/mol. The van der Waals surface area contributed by atoms with Crippen LogP contribution in [-0.4, -0.2) is 22.4 Å². The van der Waals surface area contributed by atoms with Gasteiger partial charge in [0.15, 0.2) is 11.3 Å². The van der Waals surface area contributed by atoms with Gasteiger partial charge in [0.1, 0.15) is 5.52 Å². The Morgan fingerprint density at radius 3 is 2.70 bits per heavy atom. The Morgan fingerprint density at radius 1 is 1.15 bits per heavy atom. The molecule has 1 heterocycles. The number of ether oxygens (including phenoxy) is 1. The maximum absolute atomic E-state index is 12.7. The summed E-state index contributed by atoms with van der Waals surface area (Å²) in [6, 6.07) is 17.2. The van der Waals surface area contributed by atoms with Crippen LogP contribution in [0, 0.1) is 10.1 Å². The fourth-order valence-corrected chi connectivity index (χ4v) is 3.44. The van der Waals surface area contributed by atoms with Crippen LogP contribution in [-0.2, 0) is 0 Å². The summed E-state index contributed by atoms with van der Waals surface area (Å²) in [5, 5.41) is 14.1. The van der Waals surface area contributed by atoms with Crippen LogP contribution in [0.15, 0.2) is 65.1 Å². The number of nitro groups is 1. The number of rotatable bonds is 7. The van der Waals surface area contributed by atoms with Gasteiger partial charge in [0, 0.05) is 22.9 Å². The van der Waals surface area contributed by atoms with Crippen LogP contribution in [0.4, 0.5) is 11.4 Å². The minimum atomic E-state index is -0.569. The molecule has 0 unspecified atom stereocenters. The SMILES string of the molecule is CCOc1ccc(C(=O)Nc2cccc(-c3nc4cc(C(C)C)ccc4o3)c2)cc1[N+](=O)[O-]. The molecule has 0 aliphatic heterocycles. The van der Waals surface area contributed by atoms with Crippen molar-refractivity contribution < 1.29 is 18.9 Å². The lowest BCUT2D eigenvalue weighted by Gasteiger charge is -2.08. The highest BCUT2D eigenvalue weighted by Gasteiger charge is 2.19. The van der Waals surface area contributed by atoms with Crippen molar-refractivity contribution in [1.29, 1.82) is 0 Å². The molecule has 0 atom stereocenters. The molecule has 0 bridgehead atoms. The zero-order valence-corrected chi connectivity index (χ0v) is 18.5. The van der Waals surface area contributed by atoms with Crippen LogP contribution in [0.1, 0.15) is 42.6 Å². The number of hydrogen-bond acceptors (Lipinski definition) is 6. The van der Waals surface area contributed by atoms with Gasteiger partial charge in [0.2, 0.25) is 5.89 Å². The minimum Gasteiger partial charge on any atom is -0.487 e. The molecule has 4 rings (SSSR count). The van der Waals surface area contributed by atoms with E-state index in [9.17, 15) is 14.9 Å². The van der Waals surface area contributed by atoms with Crippen LogP contribution in [0.5, 0.6) is 5.75 Å². The number of nitrogens with one attached hydrogen (secondary N) is 1. The first-order chi connectivity index (χ1) is 15.9. The molecule has 0 saturated heterocycles. The smallest absolute Gasteiger partial charge is 0.311 e. The van der Waals surface area contributed by atoms with Gasteiger partial charge in [0.25, 0.3) is 5.91 Å². The largest absolute Gasteiger partial charge is 0.487 e. The predicted octanol–water partition coefficient (Wildman–Crippen LogP) is 6.18. The van der Waals surface area contributed by atoms with Crippen LogP contribution in [0.2, 0.25) is 0 Å². The van der Waals surface area contributed by atoms with Gasteiger partial charge >= 0.3 is 5.69 Å². The first kappa shape index (κ1) is 22.0. The summed E-state index contributed by atoms with van der Waals surface area (Å²) in [4.78, 5) is 28.1. The topological polar surface area (TPSA) is 108 Å². The fourth-order valence-electron chi connectivity index (χ4n) is 3.44. The molecule has 33 heavy (non-hydrogen) atoms. The van der Waals surface area contributed by atoms with Gasteiger partial charge < -0.3 is 14.5 Å². The monoisotopic (exact) mass is 445 g/mol. The highest BCUT2D eigenvalue weighted by atomic mass is 16.6. The van der Waals surface area contributed by atoms with Crippen molar-refractivity contribution in [3.8, 4) is 17.2 Å². The van der Waals surface area contributed by atoms with E-state index in [4.69, 9.17) is 9.15 Å².